The molecular formula is C18H15FN6. The molecule has 4 aromatic rings. The van der Waals surface area contributed by atoms with Gasteiger partial charge in [0, 0.05) is 32.1 Å². The van der Waals surface area contributed by atoms with Crippen LogP contribution in [0.1, 0.15) is 5.56 Å². The molecule has 25 heavy (non-hydrogen) atoms. The van der Waals surface area contributed by atoms with Gasteiger partial charge in [-0.15, -0.1) is 0 Å². The number of benzene rings is 1. The van der Waals surface area contributed by atoms with E-state index in [1.165, 1.54) is 12.1 Å². The van der Waals surface area contributed by atoms with Gasteiger partial charge in [-0.2, -0.15) is 5.26 Å². The molecule has 3 heterocycles. The van der Waals surface area contributed by atoms with Crippen molar-refractivity contribution in [3.63, 3.8) is 0 Å². The molecule has 0 atom stereocenters. The largest absolute Gasteiger partial charge is 0.371 e. The summed E-state index contributed by atoms with van der Waals surface area (Å²) in [6, 6.07) is 8.28. The number of hydrogen-bond donors (Lipinski definition) is 1. The summed E-state index contributed by atoms with van der Waals surface area (Å²) in [5.41, 5.74) is 4.21. The van der Waals surface area contributed by atoms with E-state index in [9.17, 15) is 4.39 Å². The summed E-state index contributed by atoms with van der Waals surface area (Å²) in [6.07, 6.45) is 1.75. The summed E-state index contributed by atoms with van der Waals surface area (Å²) >= 11 is 0. The van der Waals surface area contributed by atoms with Gasteiger partial charge in [-0.3, -0.25) is 0 Å². The normalized spacial score (nSPS) is 11.2. The molecule has 0 spiro atoms. The van der Waals surface area contributed by atoms with Crippen molar-refractivity contribution < 1.29 is 4.39 Å². The third-order valence-corrected chi connectivity index (χ3v) is 4.39. The lowest BCUT2D eigenvalue weighted by Gasteiger charge is -2.06. The van der Waals surface area contributed by atoms with Crippen LogP contribution in [0.25, 0.3) is 33.3 Å². The Morgan fingerprint density at radius 2 is 2.00 bits per heavy atom. The van der Waals surface area contributed by atoms with Crippen LogP contribution in [0.3, 0.4) is 0 Å². The fourth-order valence-electron chi connectivity index (χ4n) is 3.24. The third kappa shape index (κ3) is 2.15. The Morgan fingerprint density at radius 3 is 2.72 bits per heavy atom. The zero-order valence-electron chi connectivity index (χ0n) is 14.0. The van der Waals surface area contributed by atoms with Crippen molar-refractivity contribution in [1.29, 1.82) is 5.26 Å². The highest BCUT2D eigenvalue weighted by molar-refractivity contribution is 6.07. The van der Waals surface area contributed by atoms with Crippen LogP contribution >= 0.6 is 0 Å². The molecule has 6 nitrogen and oxygen atoms in total. The minimum Gasteiger partial charge on any atom is -0.371 e. The number of hydrogen-bond acceptors (Lipinski definition) is 4. The molecule has 0 aliphatic heterocycles. The number of halogens is 1. The Kier molecular flexibility index (Phi) is 3.22. The molecule has 0 saturated carbocycles. The van der Waals surface area contributed by atoms with E-state index in [0.29, 0.717) is 11.4 Å². The Bertz CT molecular complexity index is 1180. The maximum absolute atomic E-state index is 13.9. The van der Waals surface area contributed by atoms with Crippen molar-refractivity contribution in [3.05, 3.63) is 42.0 Å². The predicted octanol–water partition coefficient (Wildman–Crippen LogP) is 3.18. The fraction of sp³-hybridized carbons (Fsp3) is 0.167. The molecule has 0 fully saturated rings. The van der Waals surface area contributed by atoms with Gasteiger partial charge in [-0.1, -0.05) is 0 Å². The molecule has 7 heteroatoms. The number of nitriles is 1. The molecule has 0 aliphatic carbocycles. The van der Waals surface area contributed by atoms with Gasteiger partial charge >= 0.3 is 0 Å². The maximum Gasteiger partial charge on any atom is 0.156 e. The van der Waals surface area contributed by atoms with Gasteiger partial charge in [0.2, 0.25) is 0 Å². The molecule has 3 aromatic heterocycles. The molecular weight excluding hydrogens is 319 g/mol. The quantitative estimate of drug-likeness (QED) is 0.611. The predicted molar refractivity (Wildman–Crippen MR) is 94.6 cm³/mol. The minimum absolute atomic E-state index is 0.287. The SMILES string of the molecule is CNc1nc2c(cc(-c3cc(F)cc(C#N)c3)n2C)c2c1ncn2C. The van der Waals surface area contributed by atoms with Gasteiger partial charge in [0.25, 0.3) is 0 Å². The van der Waals surface area contributed by atoms with Crippen LogP contribution in [0.5, 0.6) is 0 Å². The topological polar surface area (TPSA) is 71.5 Å². The van der Waals surface area contributed by atoms with E-state index < -0.39 is 5.82 Å². The zero-order valence-corrected chi connectivity index (χ0v) is 14.0. The van der Waals surface area contributed by atoms with Crippen LogP contribution < -0.4 is 5.32 Å². The standard InChI is InChI=1S/C18H15FN6/c1-21-17-15-16(24(2)9-22-15)13-7-14(25(3)18(13)23-17)11-4-10(8-20)5-12(19)6-11/h4-7,9H,1-3H3,(H,21,23). The summed E-state index contributed by atoms with van der Waals surface area (Å²) in [5, 5.41) is 13.1. The lowest BCUT2D eigenvalue weighted by atomic mass is 10.1. The van der Waals surface area contributed by atoms with Gasteiger partial charge in [-0.05, 0) is 24.3 Å². The van der Waals surface area contributed by atoms with Crippen molar-refractivity contribution in [2.24, 2.45) is 14.1 Å². The van der Waals surface area contributed by atoms with E-state index in [-0.39, 0.29) is 5.56 Å². The average Bonchev–Trinajstić information content (AvgIpc) is 3.14. The zero-order chi connectivity index (χ0) is 17.7. The van der Waals surface area contributed by atoms with E-state index in [1.54, 1.807) is 19.4 Å². The van der Waals surface area contributed by atoms with Gasteiger partial charge in [0.05, 0.1) is 29.2 Å². The summed E-state index contributed by atoms with van der Waals surface area (Å²) in [6.45, 7) is 0. The summed E-state index contributed by atoms with van der Waals surface area (Å²) < 4.78 is 17.7. The van der Waals surface area contributed by atoms with Crippen LogP contribution in [0.15, 0.2) is 30.6 Å². The first-order chi connectivity index (χ1) is 12.0. The van der Waals surface area contributed by atoms with E-state index in [4.69, 9.17) is 5.26 Å². The molecule has 0 saturated heterocycles. The molecule has 4 rings (SSSR count). The molecule has 0 amide bonds. The highest BCUT2D eigenvalue weighted by Gasteiger charge is 2.18. The lowest BCUT2D eigenvalue weighted by Crippen LogP contribution is -1.99. The number of fused-ring (bicyclic) bond motifs is 3. The maximum atomic E-state index is 13.9. The first-order valence-corrected chi connectivity index (χ1v) is 7.72. The Hall–Kier alpha value is -3.40. The van der Waals surface area contributed by atoms with Gasteiger partial charge in [-0.25, -0.2) is 14.4 Å². The minimum atomic E-state index is -0.436. The van der Waals surface area contributed by atoms with E-state index in [2.05, 4.69) is 15.3 Å². The number of anilines is 1. The number of aromatic nitrogens is 4. The monoisotopic (exact) mass is 334 g/mol. The first-order valence-electron chi connectivity index (χ1n) is 7.72. The second kappa shape index (κ2) is 5.31. The van der Waals surface area contributed by atoms with Crippen LogP contribution in [0.4, 0.5) is 10.2 Å². The van der Waals surface area contributed by atoms with Crippen LogP contribution in [-0.4, -0.2) is 26.1 Å². The molecule has 0 bridgehead atoms. The molecule has 1 aromatic carbocycles. The summed E-state index contributed by atoms with van der Waals surface area (Å²) in [4.78, 5) is 9.08. The van der Waals surface area contributed by atoms with Crippen molar-refractivity contribution >= 4 is 27.9 Å². The Labute approximate surface area is 143 Å². The number of rotatable bonds is 2. The number of nitrogens with zero attached hydrogens (tertiary/aromatic N) is 5. The highest BCUT2D eigenvalue weighted by atomic mass is 19.1. The fourth-order valence-corrected chi connectivity index (χ4v) is 3.24. The summed E-state index contributed by atoms with van der Waals surface area (Å²) in [7, 11) is 5.61. The van der Waals surface area contributed by atoms with Crippen molar-refractivity contribution in [1.82, 2.24) is 19.1 Å². The highest BCUT2D eigenvalue weighted by Crippen LogP contribution is 2.33. The van der Waals surface area contributed by atoms with E-state index >= 15 is 0 Å². The molecule has 0 radical (unpaired) electrons. The van der Waals surface area contributed by atoms with Crippen molar-refractivity contribution in [3.8, 4) is 17.3 Å². The average molecular weight is 334 g/mol. The number of pyridine rings is 1. The Morgan fingerprint density at radius 1 is 1.20 bits per heavy atom. The molecule has 1 N–H and O–H groups in total. The lowest BCUT2D eigenvalue weighted by molar-refractivity contribution is 0.627. The van der Waals surface area contributed by atoms with Crippen LogP contribution in [0.2, 0.25) is 0 Å². The van der Waals surface area contributed by atoms with Crippen molar-refractivity contribution in [2.75, 3.05) is 12.4 Å². The van der Waals surface area contributed by atoms with E-state index in [1.807, 2.05) is 35.4 Å². The second-order valence-corrected chi connectivity index (χ2v) is 5.93. The first kappa shape index (κ1) is 15.1. The van der Waals surface area contributed by atoms with Crippen molar-refractivity contribution in [2.45, 2.75) is 0 Å². The van der Waals surface area contributed by atoms with Gasteiger partial charge in [0.15, 0.2) is 5.82 Å². The van der Waals surface area contributed by atoms with Gasteiger partial charge < -0.3 is 14.5 Å². The smallest absolute Gasteiger partial charge is 0.156 e. The molecule has 124 valence electrons. The van der Waals surface area contributed by atoms with Gasteiger partial charge in [0.1, 0.15) is 17.0 Å². The number of aryl methyl sites for hydroxylation is 2. The summed E-state index contributed by atoms with van der Waals surface area (Å²) in [5.74, 6) is 0.252. The Balaban J connectivity index is 2.09. The number of nitrogens with one attached hydrogen (secondary N) is 1. The van der Waals surface area contributed by atoms with Crippen LogP contribution in [-0.2, 0) is 14.1 Å². The molecule has 0 aliphatic rings. The third-order valence-electron chi connectivity index (χ3n) is 4.39. The van der Waals surface area contributed by atoms with E-state index in [0.717, 1.165) is 27.8 Å². The molecule has 0 unspecified atom stereocenters. The number of imidazole rings is 1. The van der Waals surface area contributed by atoms with Crippen LogP contribution in [0, 0.1) is 17.1 Å². The second-order valence-electron chi connectivity index (χ2n) is 5.93.